The van der Waals surface area contributed by atoms with E-state index in [1.165, 1.54) is 75.0 Å². The first-order valence-electron chi connectivity index (χ1n) is 10.6. The van der Waals surface area contributed by atoms with Crippen molar-refractivity contribution in [3.8, 4) is 0 Å². The number of halogens is 1. The average Bonchev–Trinajstić information content (AvgIpc) is 2.57. The van der Waals surface area contributed by atoms with Crippen molar-refractivity contribution in [3.63, 3.8) is 0 Å². The van der Waals surface area contributed by atoms with Crippen LogP contribution in [0.2, 0.25) is 6.04 Å². The lowest BCUT2D eigenvalue weighted by Crippen LogP contribution is -3.00. The lowest BCUT2D eigenvalue weighted by molar-refractivity contribution is -0.934. The van der Waals surface area contributed by atoms with E-state index in [0.29, 0.717) is 0 Å². The Balaban J connectivity index is 0. The minimum Gasteiger partial charge on any atom is -1.00 e. The van der Waals surface area contributed by atoms with E-state index in [-0.39, 0.29) is 12.4 Å². The van der Waals surface area contributed by atoms with Crippen molar-refractivity contribution in [1.29, 1.82) is 0 Å². The smallest absolute Gasteiger partial charge is 0.321 e. The summed E-state index contributed by atoms with van der Waals surface area (Å²) < 4.78 is 13.0. The molecule has 0 aromatic carbocycles. The summed E-state index contributed by atoms with van der Waals surface area (Å²) in [7, 11) is 1.10. The summed E-state index contributed by atoms with van der Waals surface area (Å²) in [6.07, 6.45) is 10.6. The maximum atomic E-state index is 5.85. The lowest BCUT2D eigenvalue weighted by Gasteiger charge is -2.42. The predicted molar refractivity (Wildman–Crippen MR) is 109 cm³/mol. The molecule has 0 aliphatic heterocycles. The molecular weight excluding hydrogens is 350 g/mol. The monoisotopic (exact) mass is 395 g/mol. The molecule has 3 nitrogen and oxygen atoms in total. The molecule has 0 spiro atoms. The predicted octanol–water partition coefficient (Wildman–Crippen LogP) is 2.28. The van der Waals surface area contributed by atoms with Crippen molar-refractivity contribution in [2.45, 2.75) is 98.1 Å². The van der Waals surface area contributed by atoms with Gasteiger partial charge in [-0.15, -0.1) is 0 Å². The van der Waals surface area contributed by atoms with Gasteiger partial charge in [0.1, 0.15) is 0 Å². The molecule has 0 radical (unpaired) electrons. The van der Waals surface area contributed by atoms with E-state index in [1.807, 2.05) is 0 Å². The average molecular weight is 396 g/mol. The molecule has 0 saturated carbocycles. The van der Waals surface area contributed by atoms with Crippen molar-refractivity contribution in [3.05, 3.63) is 0 Å². The molecule has 1 unspecified atom stereocenters. The normalized spacial score (nSPS) is 13.1. The van der Waals surface area contributed by atoms with Gasteiger partial charge in [-0.3, -0.25) is 0 Å². The van der Waals surface area contributed by atoms with E-state index >= 15 is 0 Å². The molecule has 0 N–H and O–H groups in total. The molecule has 0 aliphatic rings. The first-order chi connectivity index (χ1) is 11.6. The molecule has 0 amide bonds. The highest BCUT2D eigenvalue weighted by atomic mass is 35.5. The molecule has 0 heterocycles. The van der Waals surface area contributed by atoms with Crippen LogP contribution in [0.1, 0.15) is 86.0 Å². The second-order valence-corrected chi connectivity index (χ2v) is 9.45. The van der Waals surface area contributed by atoms with Crippen LogP contribution in [0.4, 0.5) is 0 Å². The first-order valence-corrected chi connectivity index (χ1v) is 12.4. The zero-order valence-electron chi connectivity index (χ0n) is 18.0. The Morgan fingerprint density at radius 2 is 1.28 bits per heavy atom. The molecule has 0 fully saturated rings. The maximum absolute atomic E-state index is 5.85. The quantitative estimate of drug-likeness (QED) is 0.278. The van der Waals surface area contributed by atoms with E-state index in [4.69, 9.17) is 8.85 Å². The van der Waals surface area contributed by atoms with E-state index in [1.54, 1.807) is 0 Å². The van der Waals surface area contributed by atoms with Gasteiger partial charge in [-0.25, -0.2) is 0 Å². The van der Waals surface area contributed by atoms with Crippen LogP contribution in [-0.2, 0) is 8.85 Å². The Bertz CT molecular complexity index is 268. The number of nitrogens with zero attached hydrogens (tertiary/aromatic N) is 1. The van der Waals surface area contributed by atoms with Gasteiger partial charge in [0, 0.05) is 13.2 Å². The number of unbranched alkanes of at least 4 members (excludes halogenated alkanes) is 2. The SMILES string of the molecule is CCCC[N+](C)(CCCC)C(CCC)CCC[SiH](OCC)OCC.[Cl-]. The van der Waals surface area contributed by atoms with E-state index in [9.17, 15) is 0 Å². The molecule has 154 valence electrons. The molecule has 0 saturated heterocycles. The summed E-state index contributed by atoms with van der Waals surface area (Å²) in [5.74, 6) is 0. The lowest BCUT2D eigenvalue weighted by atomic mass is 10.0. The summed E-state index contributed by atoms with van der Waals surface area (Å²) in [5, 5.41) is 0. The molecule has 25 heavy (non-hydrogen) atoms. The van der Waals surface area contributed by atoms with Crippen LogP contribution >= 0.6 is 0 Å². The van der Waals surface area contributed by atoms with Gasteiger partial charge < -0.3 is 25.7 Å². The number of rotatable bonds is 17. The highest BCUT2D eigenvalue weighted by Gasteiger charge is 2.31. The van der Waals surface area contributed by atoms with Crippen molar-refractivity contribution >= 4 is 9.28 Å². The van der Waals surface area contributed by atoms with E-state index in [2.05, 4.69) is 41.7 Å². The van der Waals surface area contributed by atoms with Gasteiger partial charge in [0.05, 0.1) is 26.2 Å². The second kappa shape index (κ2) is 17.8. The van der Waals surface area contributed by atoms with Gasteiger partial charge in [-0.05, 0) is 52.0 Å². The maximum Gasteiger partial charge on any atom is 0.321 e. The highest BCUT2D eigenvalue weighted by molar-refractivity contribution is 6.44. The standard InChI is InChI=1S/C20H46NO2Si.ClH/c1-7-12-17-21(6,18-13-8-2)20(15-9-3)16-14-19-24(22-10-4)23-11-5;/h20,24H,7-19H2,1-6H3;1H/q+1;/p-1. The Morgan fingerprint density at radius 3 is 1.68 bits per heavy atom. The van der Waals surface area contributed by atoms with Crippen LogP contribution in [-0.4, -0.2) is 53.2 Å². The largest absolute Gasteiger partial charge is 1.00 e. The summed E-state index contributed by atoms with van der Waals surface area (Å²) in [4.78, 5) is 0. The van der Waals surface area contributed by atoms with Gasteiger partial charge in [-0.1, -0.05) is 40.0 Å². The molecule has 0 aromatic heterocycles. The van der Waals surface area contributed by atoms with Crippen LogP contribution in [0, 0.1) is 0 Å². The number of hydrogen-bond donors (Lipinski definition) is 0. The molecule has 1 atom stereocenters. The van der Waals surface area contributed by atoms with E-state index in [0.717, 1.165) is 19.3 Å². The Kier molecular flexibility index (Phi) is 19.6. The summed E-state index contributed by atoms with van der Waals surface area (Å²) in [6, 6.07) is 1.98. The molecule has 0 aromatic rings. The van der Waals surface area contributed by atoms with Gasteiger partial charge in [0.2, 0.25) is 0 Å². The molecule has 5 heteroatoms. The van der Waals surface area contributed by atoms with Gasteiger partial charge in [0.15, 0.2) is 0 Å². The minimum absolute atomic E-state index is 0. The molecule has 0 aliphatic carbocycles. The third-order valence-electron chi connectivity index (χ3n) is 5.23. The minimum atomic E-state index is -1.42. The molecular formula is C20H46ClNO2Si. The van der Waals surface area contributed by atoms with Gasteiger partial charge >= 0.3 is 9.28 Å². The number of quaternary nitrogens is 1. The van der Waals surface area contributed by atoms with Crippen LogP contribution in [0.15, 0.2) is 0 Å². The van der Waals surface area contributed by atoms with E-state index < -0.39 is 9.28 Å². The van der Waals surface area contributed by atoms with Crippen molar-refractivity contribution in [1.82, 2.24) is 0 Å². The van der Waals surface area contributed by atoms with Crippen LogP contribution < -0.4 is 12.4 Å². The van der Waals surface area contributed by atoms with Crippen molar-refractivity contribution in [2.75, 3.05) is 33.4 Å². The third-order valence-corrected chi connectivity index (χ3v) is 7.52. The third kappa shape index (κ3) is 12.4. The second-order valence-electron chi connectivity index (χ2n) is 7.35. The summed E-state index contributed by atoms with van der Waals surface area (Å²) in [6.45, 7) is 15.4. The molecule has 0 rings (SSSR count). The van der Waals surface area contributed by atoms with Gasteiger partial charge in [0.25, 0.3) is 0 Å². The zero-order chi connectivity index (χ0) is 18.3. The van der Waals surface area contributed by atoms with Crippen LogP contribution in [0.25, 0.3) is 0 Å². The Hall–Kier alpha value is 0.387. The molecule has 0 bridgehead atoms. The van der Waals surface area contributed by atoms with Crippen LogP contribution in [0.5, 0.6) is 0 Å². The van der Waals surface area contributed by atoms with Crippen molar-refractivity contribution < 1.29 is 25.7 Å². The fourth-order valence-electron chi connectivity index (χ4n) is 3.72. The fraction of sp³-hybridized carbons (Fsp3) is 1.00. The van der Waals surface area contributed by atoms with Gasteiger partial charge in [-0.2, -0.15) is 0 Å². The topological polar surface area (TPSA) is 18.5 Å². The fourth-order valence-corrected chi connectivity index (χ4v) is 5.47. The Labute approximate surface area is 166 Å². The highest BCUT2D eigenvalue weighted by Crippen LogP contribution is 2.24. The zero-order valence-corrected chi connectivity index (χ0v) is 19.9. The Morgan fingerprint density at radius 1 is 0.760 bits per heavy atom. The first kappa shape index (κ1) is 27.6. The van der Waals surface area contributed by atoms with Crippen molar-refractivity contribution in [2.24, 2.45) is 0 Å². The summed E-state index contributed by atoms with van der Waals surface area (Å²) in [5.41, 5.74) is 0. The summed E-state index contributed by atoms with van der Waals surface area (Å²) >= 11 is 0. The number of hydrogen-bond acceptors (Lipinski definition) is 2. The van der Waals surface area contributed by atoms with Crippen LogP contribution in [0.3, 0.4) is 0 Å².